The summed E-state index contributed by atoms with van der Waals surface area (Å²) < 4.78 is 10.4. The summed E-state index contributed by atoms with van der Waals surface area (Å²) in [5.74, 6) is 0.855. The third-order valence-electron chi connectivity index (χ3n) is 3.92. The number of anilines is 3. The summed E-state index contributed by atoms with van der Waals surface area (Å²) >= 11 is 5.89. The maximum Gasteiger partial charge on any atom is 0.255 e. The molecule has 5 nitrogen and oxygen atoms in total. The average Bonchev–Trinajstić information content (AvgIpc) is 2.70. The van der Waals surface area contributed by atoms with Crippen LogP contribution in [0.4, 0.5) is 17.1 Å². The molecule has 0 aromatic heterocycles. The highest BCUT2D eigenvalue weighted by Crippen LogP contribution is 2.28. The van der Waals surface area contributed by atoms with Crippen molar-refractivity contribution in [2.24, 2.45) is 0 Å². The molecule has 3 aromatic carbocycles. The predicted octanol–water partition coefficient (Wildman–Crippen LogP) is 5.35. The summed E-state index contributed by atoms with van der Waals surface area (Å²) in [6.07, 6.45) is 0. The first-order valence-corrected chi connectivity index (χ1v) is 8.63. The molecule has 3 rings (SSSR count). The van der Waals surface area contributed by atoms with E-state index in [1.54, 1.807) is 25.3 Å². The molecule has 0 unspecified atom stereocenters. The van der Waals surface area contributed by atoms with Crippen LogP contribution in [0.5, 0.6) is 11.5 Å². The molecule has 2 N–H and O–H groups in total. The number of hydrogen-bond acceptors (Lipinski definition) is 4. The first-order valence-electron chi connectivity index (χ1n) is 8.25. The van der Waals surface area contributed by atoms with Crippen molar-refractivity contribution in [3.05, 3.63) is 77.3 Å². The number of rotatable bonds is 6. The number of benzene rings is 3. The molecule has 0 spiro atoms. The Kier molecular flexibility index (Phi) is 5.84. The lowest BCUT2D eigenvalue weighted by molar-refractivity contribution is 0.102. The van der Waals surface area contributed by atoms with Gasteiger partial charge in [0.15, 0.2) is 11.5 Å². The predicted molar refractivity (Wildman–Crippen MR) is 109 cm³/mol. The fraction of sp³-hybridized carbons (Fsp3) is 0.0952. The SMILES string of the molecule is COc1ccc(C(=O)Nc2ccc(Nc3ccc(Cl)cc3)cc2)cc1OC. The first-order chi connectivity index (χ1) is 13.1. The van der Waals surface area contributed by atoms with Crippen LogP contribution < -0.4 is 20.1 Å². The zero-order valence-electron chi connectivity index (χ0n) is 15.0. The largest absolute Gasteiger partial charge is 0.493 e. The number of methoxy groups -OCH3 is 2. The minimum absolute atomic E-state index is 0.227. The third kappa shape index (κ3) is 4.71. The maximum absolute atomic E-state index is 12.5. The van der Waals surface area contributed by atoms with Crippen LogP contribution in [-0.4, -0.2) is 20.1 Å². The molecule has 0 bridgehead atoms. The molecular formula is C21H19ClN2O3. The van der Waals surface area contributed by atoms with Crippen LogP contribution in [0.2, 0.25) is 5.02 Å². The van der Waals surface area contributed by atoms with E-state index in [1.165, 1.54) is 7.11 Å². The normalized spacial score (nSPS) is 10.2. The van der Waals surface area contributed by atoms with Crippen molar-refractivity contribution in [2.75, 3.05) is 24.9 Å². The van der Waals surface area contributed by atoms with E-state index in [2.05, 4.69) is 10.6 Å². The summed E-state index contributed by atoms with van der Waals surface area (Å²) in [5.41, 5.74) is 3.01. The number of halogens is 1. The van der Waals surface area contributed by atoms with Crippen LogP contribution in [0.1, 0.15) is 10.4 Å². The van der Waals surface area contributed by atoms with Gasteiger partial charge in [-0.3, -0.25) is 4.79 Å². The Bertz CT molecular complexity index is 925. The standard InChI is InChI=1S/C21H19ClN2O3/c1-26-19-12-3-14(13-20(19)27-2)21(25)24-18-10-8-17(9-11-18)23-16-6-4-15(22)5-7-16/h3-13,23H,1-2H3,(H,24,25). The van der Waals surface area contributed by atoms with Crippen molar-refractivity contribution in [3.8, 4) is 11.5 Å². The van der Waals surface area contributed by atoms with Gasteiger partial charge in [-0.25, -0.2) is 0 Å². The molecule has 27 heavy (non-hydrogen) atoms. The highest BCUT2D eigenvalue weighted by Gasteiger charge is 2.11. The van der Waals surface area contributed by atoms with Crippen LogP contribution in [0.3, 0.4) is 0 Å². The fourth-order valence-corrected chi connectivity index (χ4v) is 2.64. The van der Waals surface area contributed by atoms with Crippen molar-refractivity contribution in [2.45, 2.75) is 0 Å². The van der Waals surface area contributed by atoms with Crippen LogP contribution in [-0.2, 0) is 0 Å². The molecule has 138 valence electrons. The van der Waals surface area contributed by atoms with Crippen molar-refractivity contribution in [3.63, 3.8) is 0 Å². The number of nitrogens with one attached hydrogen (secondary N) is 2. The Balaban J connectivity index is 1.67. The summed E-state index contributed by atoms with van der Waals surface area (Å²) in [4.78, 5) is 12.5. The number of hydrogen-bond donors (Lipinski definition) is 2. The monoisotopic (exact) mass is 382 g/mol. The highest BCUT2D eigenvalue weighted by atomic mass is 35.5. The molecule has 0 aliphatic rings. The lowest BCUT2D eigenvalue weighted by Gasteiger charge is -2.11. The average molecular weight is 383 g/mol. The zero-order valence-corrected chi connectivity index (χ0v) is 15.7. The maximum atomic E-state index is 12.5. The Morgan fingerprint density at radius 1 is 0.778 bits per heavy atom. The van der Waals surface area contributed by atoms with Crippen LogP contribution in [0, 0.1) is 0 Å². The number of ether oxygens (including phenoxy) is 2. The zero-order chi connectivity index (χ0) is 19.2. The van der Waals surface area contributed by atoms with E-state index in [1.807, 2.05) is 48.5 Å². The Morgan fingerprint density at radius 3 is 1.93 bits per heavy atom. The molecule has 0 atom stereocenters. The number of carbonyl (C=O) groups excluding carboxylic acids is 1. The molecule has 6 heteroatoms. The van der Waals surface area contributed by atoms with Gasteiger partial charge in [0.05, 0.1) is 14.2 Å². The third-order valence-corrected chi connectivity index (χ3v) is 4.17. The Labute approximate surface area is 162 Å². The summed E-state index contributed by atoms with van der Waals surface area (Å²) in [6, 6.07) is 19.9. The van der Waals surface area contributed by atoms with Crippen molar-refractivity contribution >= 4 is 34.6 Å². The quantitative estimate of drug-likeness (QED) is 0.603. The molecule has 0 heterocycles. The van der Waals surface area contributed by atoms with Crippen molar-refractivity contribution in [1.82, 2.24) is 0 Å². The number of amides is 1. The van der Waals surface area contributed by atoms with Gasteiger partial charge in [-0.1, -0.05) is 11.6 Å². The molecule has 0 aliphatic heterocycles. The molecule has 3 aromatic rings. The first kappa shape index (κ1) is 18.6. The van der Waals surface area contributed by atoms with Gasteiger partial charge in [0, 0.05) is 27.6 Å². The van der Waals surface area contributed by atoms with E-state index in [9.17, 15) is 4.79 Å². The van der Waals surface area contributed by atoms with Gasteiger partial charge in [0.1, 0.15) is 0 Å². The Hall–Kier alpha value is -3.18. The van der Waals surface area contributed by atoms with Gasteiger partial charge in [-0.15, -0.1) is 0 Å². The van der Waals surface area contributed by atoms with Gasteiger partial charge in [-0.05, 0) is 66.7 Å². The van der Waals surface area contributed by atoms with E-state index in [4.69, 9.17) is 21.1 Å². The minimum Gasteiger partial charge on any atom is -0.493 e. The van der Waals surface area contributed by atoms with Crippen LogP contribution in [0.25, 0.3) is 0 Å². The second-order valence-corrected chi connectivity index (χ2v) is 6.17. The smallest absolute Gasteiger partial charge is 0.255 e. The molecule has 0 saturated carbocycles. The van der Waals surface area contributed by atoms with Gasteiger partial charge >= 0.3 is 0 Å². The van der Waals surface area contributed by atoms with Crippen molar-refractivity contribution in [1.29, 1.82) is 0 Å². The molecule has 0 aliphatic carbocycles. The second kappa shape index (κ2) is 8.47. The second-order valence-electron chi connectivity index (χ2n) is 5.73. The van der Waals surface area contributed by atoms with E-state index in [0.717, 1.165) is 11.4 Å². The van der Waals surface area contributed by atoms with Gasteiger partial charge in [-0.2, -0.15) is 0 Å². The summed E-state index contributed by atoms with van der Waals surface area (Å²) in [5, 5.41) is 6.82. The van der Waals surface area contributed by atoms with Crippen LogP contribution in [0.15, 0.2) is 66.7 Å². The molecule has 0 radical (unpaired) electrons. The van der Waals surface area contributed by atoms with E-state index in [-0.39, 0.29) is 5.91 Å². The molecule has 0 saturated heterocycles. The van der Waals surface area contributed by atoms with E-state index >= 15 is 0 Å². The highest BCUT2D eigenvalue weighted by molar-refractivity contribution is 6.30. The van der Waals surface area contributed by atoms with E-state index in [0.29, 0.717) is 27.8 Å². The lowest BCUT2D eigenvalue weighted by atomic mass is 10.1. The molecule has 0 fully saturated rings. The summed E-state index contributed by atoms with van der Waals surface area (Å²) in [6.45, 7) is 0. The van der Waals surface area contributed by atoms with Gasteiger partial charge in [0.2, 0.25) is 0 Å². The topological polar surface area (TPSA) is 59.6 Å². The summed E-state index contributed by atoms with van der Waals surface area (Å²) in [7, 11) is 3.09. The fourth-order valence-electron chi connectivity index (χ4n) is 2.52. The lowest BCUT2D eigenvalue weighted by Crippen LogP contribution is -2.12. The van der Waals surface area contributed by atoms with Crippen LogP contribution >= 0.6 is 11.6 Å². The number of carbonyl (C=O) groups is 1. The van der Waals surface area contributed by atoms with E-state index < -0.39 is 0 Å². The van der Waals surface area contributed by atoms with Gasteiger partial charge in [0.25, 0.3) is 5.91 Å². The minimum atomic E-state index is -0.227. The van der Waals surface area contributed by atoms with Gasteiger partial charge < -0.3 is 20.1 Å². The van der Waals surface area contributed by atoms with Crippen molar-refractivity contribution < 1.29 is 14.3 Å². The Morgan fingerprint density at radius 2 is 1.33 bits per heavy atom. The molecule has 1 amide bonds. The molecular weight excluding hydrogens is 364 g/mol.